The first-order valence-corrected chi connectivity index (χ1v) is 4.26. The summed E-state index contributed by atoms with van der Waals surface area (Å²) >= 11 is 0. The van der Waals surface area contributed by atoms with Crippen molar-refractivity contribution in [3.8, 4) is 0 Å². The van der Waals surface area contributed by atoms with Gasteiger partial charge in [-0.3, -0.25) is 0 Å². The number of aliphatic hydroxyl groups is 3. The summed E-state index contributed by atoms with van der Waals surface area (Å²) in [5, 5.41) is 27.4. The van der Waals surface area contributed by atoms with Crippen molar-refractivity contribution in [3.63, 3.8) is 0 Å². The average Bonchev–Trinajstić information content (AvgIpc) is 2.19. The van der Waals surface area contributed by atoms with Crippen molar-refractivity contribution in [2.45, 2.75) is 18.5 Å². The molecule has 1 rings (SSSR count). The van der Waals surface area contributed by atoms with Gasteiger partial charge in [0, 0.05) is 6.08 Å². The lowest BCUT2D eigenvalue weighted by Crippen LogP contribution is -2.41. The van der Waals surface area contributed by atoms with E-state index in [4.69, 9.17) is 14.6 Å². The van der Waals surface area contributed by atoms with E-state index in [-0.39, 0.29) is 19.0 Å². The van der Waals surface area contributed by atoms with Crippen molar-refractivity contribution in [1.29, 1.82) is 0 Å². The molecule has 0 bridgehead atoms. The fraction of sp³-hybridized carbons (Fsp3) is 0.556. The second-order valence-corrected chi connectivity index (χ2v) is 2.88. The minimum absolute atomic E-state index is 0.246. The molecule has 3 N–H and O–H groups in total. The molecule has 5 heteroatoms. The molecule has 1 heterocycles. The van der Waals surface area contributed by atoms with E-state index in [0.29, 0.717) is 0 Å². The lowest BCUT2D eigenvalue weighted by molar-refractivity contribution is -0.184. The van der Waals surface area contributed by atoms with E-state index in [1.165, 1.54) is 12.2 Å². The van der Waals surface area contributed by atoms with Gasteiger partial charge in [-0.2, -0.15) is 0 Å². The van der Waals surface area contributed by atoms with Crippen molar-refractivity contribution in [1.82, 2.24) is 0 Å². The third-order valence-corrected chi connectivity index (χ3v) is 1.83. The molecule has 0 fully saturated rings. The van der Waals surface area contributed by atoms with E-state index < -0.39 is 18.5 Å². The van der Waals surface area contributed by atoms with Crippen molar-refractivity contribution in [2.24, 2.45) is 0 Å². The third kappa shape index (κ3) is 2.55. The monoisotopic (exact) mass is 202 g/mol. The van der Waals surface area contributed by atoms with Gasteiger partial charge in [-0.05, 0) is 0 Å². The fourth-order valence-corrected chi connectivity index (χ4v) is 1.11. The van der Waals surface area contributed by atoms with E-state index in [2.05, 4.69) is 6.58 Å². The van der Waals surface area contributed by atoms with Gasteiger partial charge >= 0.3 is 0 Å². The van der Waals surface area contributed by atoms with E-state index >= 15 is 0 Å². The zero-order chi connectivity index (χ0) is 10.6. The molecular weight excluding hydrogens is 188 g/mol. The molecule has 1 aliphatic heterocycles. The maximum atomic E-state index is 9.30. The summed E-state index contributed by atoms with van der Waals surface area (Å²) in [6.45, 7) is 3.34. The first-order valence-electron chi connectivity index (χ1n) is 4.26. The molecule has 0 aromatic rings. The van der Waals surface area contributed by atoms with Gasteiger partial charge in [-0.25, -0.2) is 0 Å². The van der Waals surface area contributed by atoms with Gasteiger partial charge in [0.1, 0.15) is 18.0 Å². The fourth-order valence-electron chi connectivity index (χ4n) is 1.11. The van der Waals surface area contributed by atoms with E-state index in [9.17, 15) is 10.2 Å². The molecule has 1 aliphatic rings. The maximum Gasteiger partial charge on any atom is 0.181 e. The van der Waals surface area contributed by atoms with Crippen LogP contribution in [0, 0.1) is 0 Å². The van der Waals surface area contributed by atoms with Gasteiger partial charge in [0.25, 0.3) is 0 Å². The van der Waals surface area contributed by atoms with Gasteiger partial charge in [0.05, 0.1) is 13.2 Å². The van der Waals surface area contributed by atoms with E-state index in [1.54, 1.807) is 0 Å². The van der Waals surface area contributed by atoms with Crippen LogP contribution in [-0.2, 0) is 9.47 Å². The molecule has 0 amide bonds. The Labute approximate surface area is 81.9 Å². The summed E-state index contributed by atoms with van der Waals surface area (Å²) in [5.41, 5.74) is 0. The van der Waals surface area contributed by atoms with Crippen LogP contribution in [0.1, 0.15) is 0 Å². The van der Waals surface area contributed by atoms with Crippen molar-refractivity contribution in [2.75, 3.05) is 13.2 Å². The summed E-state index contributed by atoms with van der Waals surface area (Å²) < 4.78 is 10.2. The van der Waals surface area contributed by atoms with Gasteiger partial charge in [-0.15, -0.1) is 6.58 Å². The number of hydrogen-bond acceptors (Lipinski definition) is 5. The second-order valence-electron chi connectivity index (χ2n) is 2.88. The van der Waals surface area contributed by atoms with Crippen LogP contribution >= 0.6 is 0 Å². The van der Waals surface area contributed by atoms with Crippen molar-refractivity contribution < 1.29 is 24.8 Å². The van der Waals surface area contributed by atoms with Gasteiger partial charge < -0.3 is 24.8 Å². The topological polar surface area (TPSA) is 79.2 Å². The van der Waals surface area contributed by atoms with E-state index in [0.717, 1.165) is 0 Å². The molecule has 3 atom stereocenters. The Balaban J connectivity index is 2.59. The minimum atomic E-state index is -1.19. The molecule has 14 heavy (non-hydrogen) atoms. The zero-order valence-corrected chi connectivity index (χ0v) is 7.67. The molecule has 0 radical (unpaired) electrons. The predicted molar refractivity (Wildman–Crippen MR) is 48.6 cm³/mol. The van der Waals surface area contributed by atoms with Crippen LogP contribution in [0.15, 0.2) is 24.5 Å². The molecule has 5 nitrogen and oxygen atoms in total. The quantitative estimate of drug-likeness (QED) is 0.546. The Morgan fingerprint density at radius 1 is 1.64 bits per heavy atom. The summed E-state index contributed by atoms with van der Waals surface area (Å²) in [6.07, 6.45) is -0.0138. The Bertz CT molecular complexity index is 225. The largest absolute Gasteiger partial charge is 0.510 e. The second kappa shape index (κ2) is 5.11. The van der Waals surface area contributed by atoms with Crippen molar-refractivity contribution in [3.05, 3.63) is 24.5 Å². The minimum Gasteiger partial charge on any atom is -0.510 e. The molecule has 0 aromatic carbocycles. The lowest BCUT2D eigenvalue weighted by Gasteiger charge is -2.29. The first-order chi connectivity index (χ1) is 6.69. The van der Waals surface area contributed by atoms with Gasteiger partial charge in [0.15, 0.2) is 6.29 Å². The van der Waals surface area contributed by atoms with Gasteiger partial charge in [-0.1, -0.05) is 6.08 Å². The van der Waals surface area contributed by atoms with Gasteiger partial charge in [0.2, 0.25) is 0 Å². The highest BCUT2D eigenvalue weighted by molar-refractivity contribution is 5.06. The van der Waals surface area contributed by atoms with Crippen LogP contribution < -0.4 is 0 Å². The third-order valence-electron chi connectivity index (χ3n) is 1.83. The number of hydrogen-bond donors (Lipinski definition) is 3. The van der Waals surface area contributed by atoms with Crippen LogP contribution in [0.25, 0.3) is 0 Å². The summed E-state index contributed by atoms with van der Waals surface area (Å²) in [4.78, 5) is 0. The number of aliphatic hydroxyl groups excluding tert-OH is 3. The molecule has 0 saturated heterocycles. The predicted octanol–water partition coefficient (Wildman–Crippen LogP) is -0.291. The van der Waals surface area contributed by atoms with E-state index in [1.807, 2.05) is 0 Å². The average molecular weight is 202 g/mol. The van der Waals surface area contributed by atoms with Crippen LogP contribution in [-0.4, -0.2) is 47.0 Å². The molecule has 0 aromatic heterocycles. The Morgan fingerprint density at radius 3 is 2.93 bits per heavy atom. The first kappa shape index (κ1) is 11.2. The highest BCUT2D eigenvalue weighted by Gasteiger charge is 2.31. The highest BCUT2D eigenvalue weighted by atomic mass is 16.7. The maximum absolute atomic E-state index is 9.30. The highest BCUT2D eigenvalue weighted by Crippen LogP contribution is 2.18. The van der Waals surface area contributed by atoms with Crippen LogP contribution in [0.3, 0.4) is 0 Å². The standard InChI is InChI=1S/C9H14O5/c1-2-3-13-8-4-6(11)9(12)7(5-10)14-8/h2,4,7-12H,1,3,5H2. The molecule has 0 aliphatic carbocycles. The molecule has 3 unspecified atom stereocenters. The van der Waals surface area contributed by atoms with Crippen LogP contribution in [0.5, 0.6) is 0 Å². The molecule has 80 valence electrons. The zero-order valence-electron chi connectivity index (χ0n) is 7.67. The Morgan fingerprint density at radius 2 is 2.36 bits per heavy atom. The van der Waals surface area contributed by atoms with Crippen molar-refractivity contribution >= 4 is 0 Å². The summed E-state index contributed by atoms with van der Waals surface area (Å²) in [6, 6.07) is 0. The molecular formula is C9H14O5. The molecule has 0 spiro atoms. The number of ether oxygens (including phenoxy) is 2. The summed E-state index contributed by atoms with van der Waals surface area (Å²) in [7, 11) is 0. The smallest absolute Gasteiger partial charge is 0.181 e. The Hall–Kier alpha value is -0.880. The lowest BCUT2D eigenvalue weighted by atomic mass is 10.1. The molecule has 0 saturated carbocycles. The van der Waals surface area contributed by atoms with Crippen LogP contribution in [0.2, 0.25) is 0 Å². The SMILES string of the molecule is C=CCOC1C=C(O)C(O)C(CO)O1. The normalized spacial score (nSPS) is 32.4. The summed E-state index contributed by atoms with van der Waals surface area (Å²) in [5.74, 6) is -0.246. The Kier molecular flexibility index (Phi) is 4.09. The van der Waals surface area contributed by atoms with Crippen LogP contribution in [0.4, 0.5) is 0 Å². The number of rotatable bonds is 4.